The molecule has 17 heavy (non-hydrogen) atoms. The summed E-state index contributed by atoms with van der Waals surface area (Å²) in [6.45, 7) is 6.52. The number of piperazine rings is 1. The first-order valence-electron chi connectivity index (χ1n) is 6.02. The molecule has 2 N–H and O–H groups in total. The van der Waals surface area contributed by atoms with Crippen molar-refractivity contribution in [3.8, 4) is 0 Å². The molecule has 1 heterocycles. The van der Waals surface area contributed by atoms with Crippen molar-refractivity contribution < 1.29 is 0 Å². The van der Waals surface area contributed by atoms with Crippen molar-refractivity contribution in [3.63, 3.8) is 0 Å². The molecule has 1 aromatic rings. The van der Waals surface area contributed by atoms with E-state index in [9.17, 15) is 0 Å². The molecule has 0 spiro atoms. The van der Waals surface area contributed by atoms with Gasteiger partial charge in [-0.2, -0.15) is 0 Å². The predicted molar refractivity (Wildman–Crippen MR) is 73.2 cm³/mol. The molecule has 1 aliphatic rings. The Morgan fingerprint density at radius 3 is 2.76 bits per heavy atom. The fraction of sp³-hybridized carbons (Fsp3) is 0.538. The Bertz CT molecular complexity index is 374. The summed E-state index contributed by atoms with van der Waals surface area (Å²) in [6, 6.07) is 6.41. The Balaban J connectivity index is 2.01. The van der Waals surface area contributed by atoms with Gasteiger partial charge in [0.1, 0.15) is 0 Å². The van der Waals surface area contributed by atoms with Crippen LogP contribution in [0.1, 0.15) is 12.5 Å². The molecule has 0 aliphatic carbocycles. The lowest BCUT2D eigenvalue weighted by atomic mass is 10.1. The third-order valence-electron chi connectivity index (χ3n) is 3.43. The molecule has 0 saturated carbocycles. The third-order valence-corrected chi connectivity index (χ3v) is 3.65. The fourth-order valence-corrected chi connectivity index (χ4v) is 2.56. The zero-order valence-corrected chi connectivity index (χ0v) is 11.2. The number of nitrogens with zero attached hydrogens (tertiary/aromatic N) is 2. The second-order valence-electron chi connectivity index (χ2n) is 4.96. The number of benzene rings is 1. The van der Waals surface area contributed by atoms with Crippen LogP contribution >= 0.6 is 11.6 Å². The normalized spacial score (nSPS) is 22.9. The molecule has 1 aromatic carbocycles. The van der Waals surface area contributed by atoms with Crippen molar-refractivity contribution in [2.75, 3.05) is 32.4 Å². The average Bonchev–Trinajstić information content (AvgIpc) is 2.22. The van der Waals surface area contributed by atoms with Gasteiger partial charge in [-0.3, -0.25) is 4.90 Å². The van der Waals surface area contributed by atoms with Crippen molar-refractivity contribution in [2.45, 2.75) is 19.5 Å². The molecule has 4 heteroatoms. The summed E-state index contributed by atoms with van der Waals surface area (Å²) in [6.07, 6.45) is 0. The molecule has 1 fully saturated rings. The van der Waals surface area contributed by atoms with E-state index < -0.39 is 0 Å². The van der Waals surface area contributed by atoms with Gasteiger partial charge in [0.2, 0.25) is 0 Å². The van der Waals surface area contributed by atoms with Gasteiger partial charge < -0.3 is 10.6 Å². The molecule has 1 unspecified atom stereocenters. The lowest BCUT2D eigenvalue weighted by Gasteiger charge is -2.37. The Morgan fingerprint density at radius 1 is 1.35 bits per heavy atom. The summed E-state index contributed by atoms with van der Waals surface area (Å²) >= 11 is 6.01. The molecule has 0 aromatic heterocycles. The van der Waals surface area contributed by atoms with Gasteiger partial charge in [0, 0.05) is 42.9 Å². The van der Waals surface area contributed by atoms with Gasteiger partial charge in [0.15, 0.2) is 0 Å². The van der Waals surface area contributed by atoms with Gasteiger partial charge in [-0.25, -0.2) is 0 Å². The van der Waals surface area contributed by atoms with Crippen LogP contribution in [0.3, 0.4) is 0 Å². The lowest BCUT2D eigenvalue weighted by Crippen LogP contribution is -2.49. The highest BCUT2D eigenvalue weighted by atomic mass is 35.5. The summed E-state index contributed by atoms with van der Waals surface area (Å²) in [5.74, 6) is 0. The van der Waals surface area contributed by atoms with Crippen molar-refractivity contribution in [2.24, 2.45) is 0 Å². The maximum absolute atomic E-state index is 6.01. The van der Waals surface area contributed by atoms with Gasteiger partial charge in [-0.15, -0.1) is 0 Å². The second-order valence-corrected chi connectivity index (χ2v) is 5.39. The number of hydrogen-bond acceptors (Lipinski definition) is 3. The summed E-state index contributed by atoms with van der Waals surface area (Å²) in [5, 5.41) is 0.724. The molecule has 0 amide bonds. The fourth-order valence-electron chi connectivity index (χ4n) is 2.29. The topological polar surface area (TPSA) is 32.5 Å². The standard InChI is InChI=1S/C13H20ClN3/c1-10-8-17(4-3-16(10)2)9-11-5-12(14)7-13(15)6-11/h5-7,10H,3-4,8-9,15H2,1-2H3. The minimum Gasteiger partial charge on any atom is -0.399 e. The minimum atomic E-state index is 0.611. The highest BCUT2D eigenvalue weighted by Gasteiger charge is 2.20. The molecule has 94 valence electrons. The molecule has 1 saturated heterocycles. The molecule has 2 rings (SSSR count). The second kappa shape index (κ2) is 5.25. The van der Waals surface area contributed by atoms with Crippen LogP contribution < -0.4 is 5.73 Å². The van der Waals surface area contributed by atoms with Gasteiger partial charge in [0.25, 0.3) is 0 Å². The van der Waals surface area contributed by atoms with Crippen LogP contribution in [0, 0.1) is 0 Å². The Morgan fingerprint density at radius 2 is 2.12 bits per heavy atom. The van der Waals surface area contributed by atoms with Gasteiger partial charge in [0.05, 0.1) is 0 Å². The quantitative estimate of drug-likeness (QED) is 0.819. The van der Waals surface area contributed by atoms with Gasteiger partial charge in [-0.1, -0.05) is 11.6 Å². The summed E-state index contributed by atoms with van der Waals surface area (Å²) in [4.78, 5) is 4.85. The average molecular weight is 254 g/mol. The van der Waals surface area contributed by atoms with Crippen molar-refractivity contribution >= 4 is 17.3 Å². The number of nitrogen functional groups attached to an aromatic ring is 1. The summed E-state index contributed by atoms with van der Waals surface area (Å²) in [7, 11) is 2.18. The van der Waals surface area contributed by atoms with Crippen LogP contribution in [0.2, 0.25) is 5.02 Å². The molecule has 3 nitrogen and oxygen atoms in total. The molecule has 1 atom stereocenters. The Labute approximate surface area is 108 Å². The monoisotopic (exact) mass is 253 g/mol. The maximum atomic E-state index is 6.01. The molecule has 0 bridgehead atoms. The highest BCUT2D eigenvalue weighted by Crippen LogP contribution is 2.19. The zero-order chi connectivity index (χ0) is 12.4. The number of halogens is 1. The van der Waals surface area contributed by atoms with Crippen LogP contribution in [-0.4, -0.2) is 42.5 Å². The van der Waals surface area contributed by atoms with Gasteiger partial charge >= 0.3 is 0 Å². The number of hydrogen-bond donors (Lipinski definition) is 1. The predicted octanol–water partition coefficient (Wildman–Crippen LogP) is 2.06. The number of rotatable bonds is 2. The van der Waals surface area contributed by atoms with Crippen molar-refractivity contribution in [1.29, 1.82) is 0 Å². The Kier molecular flexibility index (Phi) is 3.92. The highest BCUT2D eigenvalue weighted by molar-refractivity contribution is 6.30. The first-order chi connectivity index (χ1) is 8.04. The van der Waals surface area contributed by atoms with E-state index in [0.717, 1.165) is 36.9 Å². The Hall–Kier alpha value is -0.770. The largest absolute Gasteiger partial charge is 0.399 e. The van der Waals surface area contributed by atoms with E-state index in [1.165, 1.54) is 5.56 Å². The first-order valence-corrected chi connectivity index (χ1v) is 6.40. The van der Waals surface area contributed by atoms with Crippen molar-refractivity contribution in [1.82, 2.24) is 9.80 Å². The van der Waals surface area contributed by atoms with Crippen LogP contribution in [0.4, 0.5) is 5.69 Å². The first kappa shape index (κ1) is 12.7. The molecular weight excluding hydrogens is 234 g/mol. The van der Waals surface area contributed by atoms with E-state index in [4.69, 9.17) is 17.3 Å². The van der Waals surface area contributed by atoms with Crippen molar-refractivity contribution in [3.05, 3.63) is 28.8 Å². The molecule has 0 radical (unpaired) electrons. The smallest absolute Gasteiger partial charge is 0.0429 e. The summed E-state index contributed by atoms with van der Waals surface area (Å²) < 4.78 is 0. The van der Waals surface area contributed by atoms with Gasteiger partial charge in [-0.05, 0) is 37.7 Å². The van der Waals surface area contributed by atoms with E-state index in [-0.39, 0.29) is 0 Å². The van der Waals surface area contributed by atoms with E-state index in [1.807, 2.05) is 12.1 Å². The minimum absolute atomic E-state index is 0.611. The van der Waals surface area contributed by atoms with Crippen LogP contribution in [-0.2, 0) is 6.54 Å². The third kappa shape index (κ3) is 3.35. The van der Waals surface area contributed by atoms with Crippen LogP contribution in [0.25, 0.3) is 0 Å². The molecule has 1 aliphatic heterocycles. The summed E-state index contributed by atoms with van der Waals surface area (Å²) in [5.41, 5.74) is 7.75. The number of likely N-dealkylation sites (N-methyl/N-ethyl adjacent to an activating group) is 1. The number of anilines is 1. The molecular formula is C13H20ClN3. The van der Waals surface area contributed by atoms with E-state index in [2.05, 4.69) is 23.8 Å². The maximum Gasteiger partial charge on any atom is 0.0429 e. The number of nitrogens with two attached hydrogens (primary N) is 1. The van der Waals surface area contributed by atoms with Crippen LogP contribution in [0.5, 0.6) is 0 Å². The zero-order valence-electron chi connectivity index (χ0n) is 10.5. The van der Waals surface area contributed by atoms with E-state index in [0.29, 0.717) is 6.04 Å². The SMILES string of the molecule is CC1CN(Cc2cc(N)cc(Cl)c2)CCN1C. The van der Waals surface area contributed by atoms with E-state index >= 15 is 0 Å². The lowest BCUT2D eigenvalue weighted by molar-refractivity contribution is 0.1000. The van der Waals surface area contributed by atoms with E-state index in [1.54, 1.807) is 6.07 Å². The van der Waals surface area contributed by atoms with Crippen LogP contribution in [0.15, 0.2) is 18.2 Å².